The quantitative estimate of drug-likeness (QED) is 0.422. The molecule has 0 unspecified atom stereocenters. The number of rotatable bonds is 7. The molecule has 6 nitrogen and oxygen atoms in total. The highest BCUT2D eigenvalue weighted by Gasteiger charge is 2.66. The van der Waals surface area contributed by atoms with Crippen molar-refractivity contribution in [2.75, 3.05) is 5.75 Å². The van der Waals surface area contributed by atoms with E-state index in [-0.39, 0.29) is 30.9 Å². The van der Waals surface area contributed by atoms with Crippen LogP contribution >= 0.6 is 11.8 Å². The first-order valence-corrected chi connectivity index (χ1v) is 12.2. The standard InChI is InChI=1S/C27H24N2O4S/c30-23(16-19-10-4-1-5-11-19)28-24-22-18-34-27(29(22)25(24)31,21-14-8-3-9-15-21)26(32)33-17-20-12-6-2-7-13-20/h1-15,22,24H,16-18H2,(H,28,30)/t22-,24+,27+/m1/s1. The minimum absolute atomic E-state index is 0.124. The van der Waals surface area contributed by atoms with Gasteiger partial charge in [-0.1, -0.05) is 91.0 Å². The zero-order valence-electron chi connectivity index (χ0n) is 18.4. The number of nitrogens with zero attached hydrogens (tertiary/aromatic N) is 1. The summed E-state index contributed by atoms with van der Waals surface area (Å²) in [5.41, 5.74) is 2.45. The highest BCUT2D eigenvalue weighted by Crippen LogP contribution is 2.53. The molecule has 2 amide bonds. The van der Waals surface area contributed by atoms with Gasteiger partial charge in [0.25, 0.3) is 0 Å². The summed E-state index contributed by atoms with van der Waals surface area (Å²) in [5, 5.41) is 2.88. The van der Waals surface area contributed by atoms with Crippen molar-refractivity contribution in [1.29, 1.82) is 0 Å². The van der Waals surface area contributed by atoms with Crippen molar-refractivity contribution >= 4 is 29.5 Å². The number of nitrogens with one attached hydrogen (secondary N) is 1. The third-order valence-electron chi connectivity index (χ3n) is 6.20. The molecule has 3 aromatic rings. The highest BCUT2D eigenvalue weighted by molar-refractivity contribution is 8.01. The van der Waals surface area contributed by atoms with Gasteiger partial charge in [0.05, 0.1) is 12.5 Å². The van der Waals surface area contributed by atoms with Gasteiger partial charge in [0.2, 0.25) is 16.7 Å². The molecule has 2 fully saturated rings. The molecule has 0 bridgehead atoms. The van der Waals surface area contributed by atoms with E-state index >= 15 is 0 Å². The molecule has 3 atom stereocenters. The number of thioether (sulfide) groups is 1. The maximum atomic E-state index is 13.5. The maximum Gasteiger partial charge on any atom is 0.347 e. The number of hydrogen-bond acceptors (Lipinski definition) is 5. The molecule has 0 spiro atoms. The van der Waals surface area contributed by atoms with E-state index in [1.165, 1.54) is 11.8 Å². The summed E-state index contributed by atoms with van der Waals surface area (Å²) in [6, 6.07) is 27.2. The predicted octanol–water partition coefficient (Wildman–Crippen LogP) is 3.27. The average molecular weight is 473 g/mol. The van der Waals surface area contributed by atoms with Gasteiger partial charge < -0.3 is 15.0 Å². The zero-order chi connectivity index (χ0) is 23.5. The number of carbonyl (C=O) groups excluding carboxylic acids is 3. The van der Waals surface area contributed by atoms with Crippen LogP contribution in [0.15, 0.2) is 91.0 Å². The Bertz CT molecular complexity index is 1190. The van der Waals surface area contributed by atoms with Gasteiger partial charge in [0.1, 0.15) is 12.6 Å². The molecule has 172 valence electrons. The zero-order valence-corrected chi connectivity index (χ0v) is 19.2. The van der Waals surface area contributed by atoms with Crippen LogP contribution in [0.4, 0.5) is 0 Å². The molecule has 34 heavy (non-hydrogen) atoms. The minimum atomic E-state index is -1.27. The first kappa shape index (κ1) is 22.2. The average Bonchev–Trinajstić information content (AvgIpc) is 3.25. The molecule has 2 aliphatic rings. The molecular formula is C27H24N2O4S. The summed E-state index contributed by atoms with van der Waals surface area (Å²) in [5.74, 6) is -0.426. The topological polar surface area (TPSA) is 75.7 Å². The van der Waals surface area contributed by atoms with Gasteiger partial charge in [-0.05, 0) is 16.7 Å². The van der Waals surface area contributed by atoms with Crippen LogP contribution < -0.4 is 5.32 Å². The molecule has 2 heterocycles. The van der Waals surface area contributed by atoms with E-state index in [2.05, 4.69) is 5.32 Å². The fourth-order valence-corrected chi connectivity index (χ4v) is 6.12. The lowest BCUT2D eigenvalue weighted by atomic mass is 9.90. The third-order valence-corrected chi connectivity index (χ3v) is 7.73. The van der Waals surface area contributed by atoms with Crippen molar-refractivity contribution in [3.05, 3.63) is 108 Å². The number of esters is 1. The van der Waals surface area contributed by atoms with Crippen LogP contribution in [0.3, 0.4) is 0 Å². The van der Waals surface area contributed by atoms with Gasteiger partial charge in [-0.25, -0.2) is 4.79 Å². The number of carbonyl (C=O) groups is 3. The largest absolute Gasteiger partial charge is 0.458 e. The number of hydrogen-bond donors (Lipinski definition) is 1. The normalized spacial score (nSPS) is 23.1. The fourth-order valence-electron chi connectivity index (χ4n) is 4.53. The van der Waals surface area contributed by atoms with E-state index in [0.717, 1.165) is 11.1 Å². The van der Waals surface area contributed by atoms with Crippen molar-refractivity contribution in [2.45, 2.75) is 30.0 Å². The van der Waals surface area contributed by atoms with Crippen LogP contribution in [0.25, 0.3) is 0 Å². The van der Waals surface area contributed by atoms with E-state index in [4.69, 9.17) is 4.74 Å². The fraction of sp³-hybridized carbons (Fsp3) is 0.222. The summed E-state index contributed by atoms with van der Waals surface area (Å²) >= 11 is 1.38. The Labute approximate surface area is 202 Å². The Balaban J connectivity index is 1.34. The number of benzene rings is 3. The van der Waals surface area contributed by atoms with Crippen molar-refractivity contribution in [3.8, 4) is 0 Å². The molecule has 0 aromatic heterocycles. The number of amides is 2. The van der Waals surface area contributed by atoms with Gasteiger partial charge in [0, 0.05) is 5.75 Å². The summed E-state index contributed by atoms with van der Waals surface area (Å²) in [4.78, 5) is 39.7. The second-order valence-electron chi connectivity index (χ2n) is 8.37. The lowest BCUT2D eigenvalue weighted by Gasteiger charge is -2.48. The van der Waals surface area contributed by atoms with Crippen LogP contribution in [-0.4, -0.2) is 40.5 Å². The van der Waals surface area contributed by atoms with Crippen LogP contribution in [0.1, 0.15) is 16.7 Å². The number of ether oxygens (including phenoxy) is 1. The molecule has 7 heteroatoms. The Morgan fingerprint density at radius 1 is 0.912 bits per heavy atom. The van der Waals surface area contributed by atoms with E-state index in [1.807, 2.05) is 91.0 Å². The monoisotopic (exact) mass is 472 g/mol. The predicted molar refractivity (Wildman–Crippen MR) is 130 cm³/mol. The van der Waals surface area contributed by atoms with Crippen molar-refractivity contribution in [2.24, 2.45) is 0 Å². The molecule has 0 radical (unpaired) electrons. The third kappa shape index (κ3) is 3.96. The summed E-state index contributed by atoms with van der Waals surface area (Å²) in [6.07, 6.45) is 0.202. The molecule has 2 aliphatic heterocycles. The Morgan fingerprint density at radius 3 is 2.15 bits per heavy atom. The minimum Gasteiger partial charge on any atom is -0.458 e. The van der Waals surface area contributed by atoms with E-state index in [1.54, 1.807) is 4.90 Å². The van der Waals surface area contributed by atoms with E-state index in [9.17, 15) is 14.4 Å². The van der Waals surface area contributed by atoms with Gasteiger partial charge in [-0.2, -0.15) is 0 Å². The Hall–Kier alpha value is -3.58. The first-order chi connectivity index (χ1) is 16.6. The van der Waals surface area contributed by atoms with Crippen molar-refractivity contribution in [1.82, 2.24) is 10.2 Å². The van der Waals surface area contributed by atoms with Crippen LogP contribution in [0, 0.1) is 0 Å². The first-order valence-electron chi connectivity index (χ1n) is 11.2. The highest BCUT2D eigenvalue weighted by atomic mass is 32.2. The second-order valence-corrected chi connectivity index (χ2v) is 9.58. The lowest BCUT2D eigenvalue weighted by Crippen LogP contribution is -2.73. The lowest BCUT2D eigenvalue weighted by molar-refractivity contribution is -0.171. The molecule has 0 saturated carbocycles. The summed E-state index contributed by atoms with van der Waals surface area (Å²) < 4.78 is 5.73. The molecule has 1 N–H and O–H groups in total. The maximum absolute atomic E-state index is 13.5. The number of β-lactam (4-membered cyclic amide) rings is 1. The van der Waals surface area contributed by atoms with Gasteiger partial charge in [0.15, 0.2) is 0 Å². The van der Waals surface area contributed by atoms with Crippen molar-refractivity contribution in [3.63, 3.8) is 0 Å². The van der Waals surface area contributed by atoms with E-state index < -0.39 is 16.9 Å². The van der Waals surface area contributed by atoms with Gasteiger partial charge in [-0.15, -0.1) is 11.8 Å². The van der Waals surface area contributed by atoms with Gasteiger partial charge in [-0.3, -0.25) is 9.59 Å². The second kappa shape index (κ2) is 9.35. The van der Waals surface area contributed by atoms with Gasteiger partial charge >= 0.3 is 5.97 Å². The number of fused-ring (bicyclic) bond motifs is 1. The van der Waals surface area contributed by atoms with Crippen LogP contribution in [0.2, 0.25) is 0 Å². The van der Waals surface area contributed by atoms with E-state index in [0.29, 0.717) is 11.3 Å². The SMILES string of the molecule is O=C(Cc1ccccc1)N[C@@H]1C(=O)N2[C@@H]1CS[C@]2(C(=O)OCc1ccccc1)c1ccccc1. The molecule has 3 aromatic carbocycles. The van der Waals surface area contributed by atoms with Crippen molar-refractivity contribution < 1.29 is 19.1 Å². The molecule has 2 saturated heterocycles. The summed E-state index contributed by atoms with van der Waals surface area (Å²) in [7, 11) is 0. The van der Waals surface area contributed by atoms with Crippen LogP contribution in [0.5, 0.6) is 0 Å². The molecule has 5 rings (SSSR count). The van der Waals surface area contributed by atoms with Crippen LogP contribution in [-0.2, 0) is 37.0 Å². The molecule has 0 aliphatic carbocycles. The smallest absolute Gasteiger partial charge is 0.347 e. The Morgan fingerprint density at radius 2 is 1.50 bits per heavy atom. The Kier molecular flexibility index (Phi) is 6.11. The molecular weight excluding hydrogens is 448 g/mol. The summed E-state index contributed by atoms with van der Waals surface area (Å²) in [6.45, 7) is 0.124.